The molecule has 1 aliphatic rings. The predicted octanol–water partition coefficient (Wildman–Crippen LogP) is -1.35. The fourth-order valence-electron chi connectivity index (χ4n) is 1.91. The molecule has 1 fully saturated rings. The van der Waals surface area contributed by atoms with Crippen molar-refractivity contribution in [2.24, 2.45) is 17.4 Å². The van der Waals surface area contributed by atoms with E-state index in [1.807, 2.05) is 11.8 Å². The van der Waals surface area contributed by atoms with E-state index in [1.165, 1.54) is 0 Å². The van der Waals surface area contributed by atoms with Crippen LogP contribution in [0.4, 0.5) is 0 Å². The lowest BCUT2D eigenvalue weighted by Crippen LogP contribution is -2.48. The Morgan fingerprint density at radius 1 is 1.41 bits per heavy atom. The first-order chi connectivity index (χ1) is 8.02. The zero-order valence-corrected chi connectivity index (χ0v) is 10.3. The molecule has 0 aromatic heterocycles. The minimum atomic E-state index is -0.302. The molecule has 5 N–H and O–H groups in total. The maximum absolute atomic E-state index is 11.6. The topological polar surface area (TPSA) is 101 Å². The van der Waals surface area contributed by atoms with Crippen LogP contribution in [-0.4, -0.2) is 48.9 Å². The fourth-order valence-corrected chi connectivity index (χ4v) is 1.91. The third kappa shape index (κ3) is 4.70. The second-order valence-corrected chi connectivity index (χ2v) is 4.66. The molecule has 1 atom stereocenters. The van der Waals surface area contributed by atoms with Crippen LogP contribution < -0.4 is 16.8 Å². The van der Waals surface area contributed by atoms with Crippen LogP contribution in [0, 0.1) is 5.92 Å². The van der Waals surface area contributed by atoms with Gasteiger partial charge in [0.1, 0.15) is 0 Å². The summed E-state index contributed by atoms with van der Waals surface area (Å²) in [6.45, 7) is 4.08. The average molecular weight is 242 g/mol. The van der Waals surface area contributed by atoms with E-state index in [2.05, 4.69) is 5.32 Å². The summed E-state index contributed by atoms with van der Waals surface area (Å²) in [4.78, 5) is 24.4. The van der Waals surface area contributed by atoms with E-state index < -0.39 is 0 Å². The van der Waals surface area contributed by atoms with Gasteiger partial charge in [-0.2, -0.15) is 0 Å². The SMILES string of the molecule is CC(CN)C(=O)NC1CCN(CC(N)=O)CC1. The molecule has 1 rings (SSSR count). The van der Waals surface area contributed by atoms with Crippen molar-refractivity contribution in [3.8, 4) is 0 Å². The van der Waals surface area contributed by atoms with Gasteiger partial charge in [0, 0.05) is 31.6 Å². The lowest BCUT2D eigenvalue weighted by atomic mass is 10.0. The molecular weight excluding hydrogens is 220 g/mol. The number of hydrogen-bond donors (Lipinski definition) is 3. The number of nitrogens with one attached hydrogen (secondary N) is 1. The number of primary amides is 1. The van der Waals surface area contributed by atoms with Gasteiger partial charge in [0.2, 0.25) is 11.8 Å². The summed E-state index contributed by atoms with van der Waals surface area (Å²) in [5.41, 5.74) is 10.6. The first-order valence-corrected chi connectivity index (χ1v) is 6.04. The van der Waals surface area contributed by atoms with Crippen molar-refractivity contribution in [2.45, 2.75) is 25.8 Å². The van der Waals surface area contributed by atoms with Crippen LogP contribution in [0.25, 0.3) is 0 Å². The molecule has 0 aromatic rings. The number of carbonyl (C=O) groups is 2. The Morgan fingerprint density at radius 2 is 2.00 bits per heavy atom. The van der Waals surface area contributed by atoms with Gasteiger partial charge < -0.3 is 16.8 Å². The van der Waals surface area contributed by atoms with Gasteiger partial charge in [0.25, 0.3) is 0 Å². The van der Waals surface area contributed by atoms with Crippen molar-refractivity contribution < 1.29 is 9.59 Å². The van der Waals surface area contributed by atoms with Gasteiger partial charge in [0.15, 0.2) is 0 Å². The molecule has 1 aliphatic heterocycles. The largest absolute Gasteiger partial charge is 0.369 e. The van der Waals surface area contributed by atoms with Crippen LogP contribution in [-0.2, 0) is 9.59 Å². The molecule has 6 nitrogen and oxygen atoms in total. The molecule has 17 heavy (non-hydrogen) atoms. The maximum Gasteiger partial charge on any atom is 0.231 e. The van der Waals surface area contributed by atoms with Gasteiger partial charge in [-0.05, 0) is 12.8 Å². The number of amides is 2. The van der Waals surface area contributed by atoms with Crippen molar-refractivity contribution in [1.29, 1.82) is 0 Å². The molecule has 0 aliphatic carbocycles. The number of hydrogen-bond acceptors (Lipinski definition) is 4. The Bertz CT molecular complexity index is 275. The van der Waals surface area contributed by atoms with Crippen molar-refractivity contribution in [3.63, 3.8) is 0 Å². The molecule has 0 aromatic carbocycles. The third-order valence-corrected chi connectivity index (χ3v) is 3.11. The highest BCUT2D eigenvalue weighted by Gasteiger charge is 2.22. The quantitative estimate of drug-likeness (QED) is 0.554. The highest BCUT2D eigenvalue weighted by molar-refractivity contribution is 5.78. The Kier molecular flexibility index (Phi) is 5.37. The zero-order valence-electron chi connectivity index (χ0n) is 10.3. The molecule has 0 radical (unpaired) electrons. The first kappa shape index (κ1) is 13.9. The van der Waals surface area contributed by atoms with Crippen molar-refractivity contribution in [2.75, 3.05) is 26.2 Å². The van der Waals surface area contributed by atoms with Crippen molar-refractivity contribution in [3.05, 3.63) is 0 Å². The van der Waals surface area contributed by atoms with E-state index in [9.17, 15) is 9.59 Å². The van der Waals surface area contributed by atoms with Gasteiger partial charge in [-0.15, -0.1) is 0 Å². The van der Waals surface area contributed by atoms with Crippen molar-refractivity contribution >= 4 is 11.8 Å². The van der Waals surface area contributed by atoms with E-state index >= 15 is 0 Å². The molecule has 2 amide bonds. The highest BCUT2D eigenvalue weighted by Crippen LogP contribution is 2.10. The van der Waals surface area contributed by atoms with E-state index in [-0.39, 0.29) is 23.8 Å². The number of nitrogens with zero attached hydrogens (tertiary/aromatic N) is 1. The molecule has 1 saturated heterocycles. The monoisotopic (exact) mass is 242 g/mol. The van der Waals surface area contributed by atoms with Crippen LogP contribution >= 0.6 is 0 Å². The average Bonchev–Trinajstić information content (AvgIpc) is 2.30. The standard InChI is InChI=1S/C11H22N4O2/c1-8(6-12)11(17)14-9-2-4-15(5-3-9)7-10(13)16/h8-9H,2-7,12H2,1H3,(H2,13,16)(H,14,17). The van der Waals surface area contributed by atoms with Gasteiger partial charge in [-0.3, -0.25) is 14.5 Å². The Hall–Kier alpha value is -1.14. The maximum atomic E-state index is 11.6. The summed E-state index contributed by atoms with van der Waals surface area (Å²) in [5, 5.41) is 2.98. The molecule has 0 bridgehead atoms. The minimum Gasteiger partial charge on any atom is -0.369 e. The Morgan fingerprint density at radius 3 is 2.47 bits per heavy atom. The number of nitrogens with two attached hydrogens (primary N) is 2. The van der Waals surface area contributed by atoms with Gasteiger partial charge >= 0.3 is 0 Å². The van der Waals surface area contributed by atoms with Crippen LogP contribution in [0.2, 0.25) is 0 Å². The Labute approximate surface area is 102 Å². The van der Waals surface area contributed by atoms with Crippen LogP contribution in [0.3, 0.4) is 0 Å². The van der Waals surface area contributed by atoms with E-state index in [0.717, 1.165) is 25.9 Å². The summed E-state index contributed by atoms with van der Waals surface area (Å²) < 4.78 is 0. The summed E-state index contributed by atoms with van der Waals surface area (Å²) in [6.07, 6.45) is 1.71. The van der Waals surface area contributed by atoms with E-state index in [1.54, 1.807) is 0 Å². The Balaban J connectivity index is 2.27. The highest BCUT2D eigenvalue weighted by atomic mass is 16.2. The smallest absolute Gasteiger partial charge is 0.231 e. The summed E-state index contributed by atoms with van der Waals surface area (Å²) in [6, 6.07) is 0.195. The fraction of sp³-hybridized carbons (Fsp3) is 0.818. The molecule has 6 heteroatoms. The lowest BCUT2D eigenvalue weighted by molar-refractivity contribution is -0.125. The van der Waals surface area contributed by atoms with Crippen molar-refractivity contribution in [1.82, 2.24) is 10.2 Å². The third-order valence-electron chi connectivity index (χ3n) is 3.11. The molecule has 1 unspecified atom stereocenters. The molecule has 1 heterocycles. The van der Waals surface area contributed by atoms with Gasteiger partial charge in [-0.25, -0.2) is 0 Å². The molecule has 98 valence electrons. The number of rotatable bonds is 5. The van der Waals surface area contributed by atoms with E-state index in [0.29, 0.717) is 13.1 Å². The normalized spacial score (nSPS) is 19.9. The molecule has 0 spiro atoms. The number of carbonyl (C=O) groups excluding carboxylic acids is 2. The molecule has 0 saturated carbocycles. The number of piperidine rings is 1. The summed E-state index contributed by atoms with van der Waals surface area (Å²) >= 11 is 0. The van der Waals surface area contributed by atoms with Gasteiger partial charge in [0.05, 0.1) is 6.54 Å². The second kappa shape index (κ2) is 6.56. The summed E-state index contributed by atoms with van der Waals surface area (Å²) in [5.74, 6) is -0.427. The number of likely N-dealkylation sites (tertiary alicyclic amines) is 1. The minimum absolute atomic E-state index is 0.0147. The van der Waals surface area contributed by atoms with E-state index in [4.69, 9.17) is 11.5 Å². The lowest BCUT2D eigenvalue weighted by Gasteiger charge is -2.31. The van der Waals surface area contributed by atoms with Gasteiger partial charge in [-0.1, -0.05) is 6.92 Å². The van der Waals surface area contributed by atoms with Crippen LogP contribution in [0.15, 0.2) is 0 Å². The first-order valence-electron chi connectivity index (χ1n) is 6.04. The molecular formula is C11H22N4O2. The predicted molar refractivity (Wildman–Crippen MR) is 65.0 cm³/mol. The zero-order chi connectivity index (χ0) is 12.8. The van der Waals surface area contributed by atoms with Crippen LogP contribution in [0.5, 0.6) is 0 Å². The second-order valence-electron chi connectivity index (χ2n) is 4.66. The van der Waals surface area contributed by atoms with Crippen LogP contribution in [0.1, 0.15) is 19.8 Å². The summed E-state index contributed by atoms with van der Waals surface area (Å²) in [7, 11) is 0.